The van der Waals surface area contributed by atoms with Crippen LogP contribution >= 0.6 is 27.5 Å². The van der Waals surface area contributed by atoms with Gasteiger partial charge in [0.25, 0.3) is 5.91 Å². The van der Waals surface area contributed by atoms with E-state index in [0.717, 1.165) is 4.47 Å². The minimum atomic E-state index is -0.0910. The lowest BCUT2D eigenvalue weighted by Gasteiger charge is -2.38. The number of rotatable bonds is 3. The highest BCUT2D eigenvalue weighted by atomic mass is 79.9. The Kier molecular flexibility index (Phi) is 5.85. The monoisotopic (exact) mass is 383 g/mol. The van der Waals surface area contributed by atoms with Crippen molar-refractivity contribution in [1.29, 1.82) is 5.26 Å². The van der Waals surface area contributed by atoms with Crippen molar-refractivity contribution in [3.8, 4) is 6.07 Å². The summed E-state index contributed by atoms with van der Waals surface area (Å²) in [6, 6.07) is 7.56. The van der Waals surface area contributed by atoms with Crippen LogP contribution in [0.15, 0.2) is 22.7 Å². The maximum atomic E-state index is 12.6. The van der Waals surface area contributed by atoms with Crippen molar-refractivity contribution in [2.75, 3.05) is 26.2 Å². The minimum absolute atomic E-state index is 0.0518. The normalized spacial score (nSPS) is 17.4. The van der Waals surface area contributed by atoms with Crippen molar-refractivity contribution < 1.29 is 4.79 Å². The minimum Gasteiger partial charge on any atom is -0.336 e. The smallest absolute Gasteiger partial charge is 0.255 e. The van der Waals surface area contributed by atoms with Gasteiger partial charge in [-0.15, -0.1) is 0 Å². The lowest BCUT2D eigenvalue weighted by molar-refractivity contribution is 0.0577. The van der Waals surface area contributed by atoms with E-state index in [0.29, 0.717) is 36.8 Å². The van der Waals surface area contributed by atoms with E-state index in [-0.39, 0.29) is 17.9 Å². The molecular weight excluding hydrogens is 366 g/mol. The lowest BCUT2D eigenvalue weighted by Crippen LogP contribution is -2.52. The van der Waals surface area contributed by atoms with E-state index in [1.54, 1.807) is 17.0 Å². The van der Waals surface area contributed by atoms with Crippen LogP contribution in [0.4, 0.5) is 0 Å². The van der Waals surface area contributed by atoms with Crippen LogP contribution in [0.2, 0.25) is 5.02 Å². The number of hydrogen-bond acceptors (Lipinski definition) is 3. The standard InChI is InChI=1S/C16H19BrClN3O/c1-11(2)15(10-19)20-5-7-21(8-6-20)16(22)13-9-12(17)3-4-14(13)18/h3-4,9,11,15H,5-8H2,1-2H3/t15-/m0/s1. The second kappa shape index (κ2) is 7.45. The number of piperazine rings is 1. The molecule has 1 heterocycles. The molecular formula is C16H19BrClN3O. The van der Waals surface area contributed by atoms with Crippen LogP contribution in [0.3, 0.4) is 0 Å². The van der Waals surface area contributed by atoms with Crippen LogP contribution in [-0.2, 0) is 0 Å². The molecule has 2 rings (SSSR count). The number of carbonyl (C=O) groups is 1. The van der Waals surface area contributed by atoms with Crippen molar-refractivity contribution in [3.05, 3.63) is 33.3 Å². The number of amides is 1. The van der Waals surface area contributed by atoms with E-state index in [1.165, 1.54) is 0 Å². The zero-order chi connectivity index (χ0) is 16.3. The third kappa shape index (κ3) is 3.81. The van der Waals surface area contributed by atoms with Gasteiger partial charge in [0.05, 0.1) is 16.7 Å². The summed E-state index contributed by atoms with van der Waals surface area (Å²) in [7, 11) is 0. The molecule has 0 bridgehead atoms. The molecule has 0 radical (unpaired) electrons. The van der Waals surface area contributed by atoms with Gasteiger partial charge in [0.15, 0.2) is 0 Å². The predicted molar refractivity (Wildman–Crippen MR) is 90.9 cm³/mol. The summed E-state index contributed by atoms with van der Waals surface area (Å²) < 4.78 is 0.836. The molecule has 1 aliphatic rings. The number of benzene rings is 1. The fourth-order valence-electron chi connectivity index (χ4n) is 2.69. The first kappa shape index (κ1) is 17.3. The predicted octanol–water partition coefficient (Wildman–Crippen LogP) is 3.41. The van der Waals surface area contributed by atoms with Gasteiger partial charge in [-0.05, 0) is 24.1 Å². The van der Waals surface area contributed by atoms with E-state index < -0.39 is 0 Å². The Morgan fingerprint density at radius 1 is 1.32 bits per heavy atom. The summed E-state index contributed by atoms with van der Waals surface area (Å²) in [5.41, 5.74) is 0.519. The number of nitriles is 1. The fourth-order valence-corrected chi connectivity index (χ4v) is 3.25. The van der Waals surface area contributed by atoms with Gasteiger partial charge < -0.3 is 4.90 Å². The van der Waals surface area contributed by atoms with Crippen molar-refractivity contribution in [1.82, 2.24) is 9.80 Å². The van der Waals surface area contributed by atoms with Gasteiger partial charge >= 0.3 is 0 Å². The number of carbonyl (C=O) groups excluding carboxylic acids is 1. The Morgan fingerprint density at radius 2 is 1.95 bits per heavy atom. The van der Waals surface area contributed by atoms with Gasteiger partial charge in [0.2, 0.25) is 0 Å². The molecule has 0 unspecified atom stereocenters. The number of hydrogen-bond donors (Lipinski definition) is 0. The molecule has 1 atom stereocenters. The molecule has 1 aromatic carbocycles. The average molecular weight is 385 g/mol. The van der Waals surface area contributed by atoms with Crippen molar-refractivity contribution >= 4 is 33.4 Å². The fraction of sp³-hybridized carbons (Fsp3) is 0.500. The number of halogens is 2. The second-order valence-corrected chi connectivity index (χ2v) is 7.09. The second-order valence-electron chi connectivity index (χ2n) is 5.77. The molecule has 0 aromatic heterocycles. The van der Waals surface area contributed by atoms with E-state index >= 15 is 0 Å². The quantitative estimate of drug-likeness (QED) is 0.802. The van der Waals surface area contributed by atoms with E-state index in [1.807, 2.05) is 19.9 Å². The molecule has 118 valence electrons. The van der Waals surface area contributed by atoms with Crippen molar-refractivity contribution in [2.45, 2.75) is 19.9 Å². The average Bonchev–Trinajstić information content (AvgIpc) is 2.50. The molecule has 0 saturated carbocycles. The van der Waals surface area contributed by atoms with Gasteiger partial charge in [-0.3, -0.25) is 9.69 Å². The first-order valence-corrected chi connectivity index (χ1v) is 8.49. The summed E-state index contributed by atoms with van der Waals surface area (Å²) in [6.07, 6.45) is 0. The maximum absolute atomic E-state index is 12.6. The van der Waals surface area contributed by atoms with Crippen molar-refractivity contribution in [3.63, 3.8) is 0 Å². The molecule has 6 heteroatoms. The third-order valence-electron chi connectivity index (χ3n) is 3.92. The molecule has 22 heavy (non-hydrogen) atoms. The van der Waals surface area contributed by atoms with Crippen LogP contribution < -0.4 is 0 Å². The van der Waals surface area contributed by atoms with Crippen LogP contribution in [0, 0.1) is 17.2 Å². The Labute approximate surface area is 144 Å². The Bertz CT molecular complexity index is 592. The Hall–Kier alpha value is -1.09. The molecule has 1 aliphatic heterocycles. The zero-order valence-electron chi connectivity index (χ0n) is 12.7. The highest BCUT2D eigenvalue weighted by Gasteiger charge is 2.28. The molecule has 1 saturated heterocycles. The maximum Gasteiger partial charge on any atom is 0.255 e. The Balaban J connectivity index is 2.04. The summed E-state index contributed by atoms with van der Waals surface area (Å²) in [4.78, 5) is 16.5. The van der Waals surface area contributed by atoms with E-state index in [4.69, 9.17) is 11.6 Å². The molecule has 0 aliphatic carbocycles. The van der Waals surface area contributed by atoms with Gasteiger partial charge in [0, 0.05) is 30.7 Å². The van der Waals surface area contributed by atoms with Crippen LogP contribution in [0.25, 0.3) is 0 Å². The lowest BCUT2D eigenvalue weighted by atomic mass is 10.0. The van der Waals surface area contributed by atoms with E-state index in [9.17, 15) is 10.1 Å². The molecule has 1 fully saturated rings. The van der Waals surface area contributed by atoms with Crippen LogP contribution in [-0.4, -0.2) is 47.9 Å². The molecule has 1 aromatic rings. The van der Waals surface area contributed by atoms with Gasteiger partial charge in [-0.1, -0.05) is 41.4 Å². The molecule has 4 nitrogen and oxygen atoms in total. The van der Waals surface area contributed by atoms with E-state index in [2.05, 4.69) is 26.9 Å². The SMILES string of the molecule is CC(C)[C@H](C#N)N1CCN(C(=O)c2cc(Br)ccc2Cl)CC1. The summed E-state index contributed by atoms with van der Waals surface area (Å²) in [6.45, 7) is 6.76. The largest absolute Gasteiger partial charge is 0.336 e. The summed E-state index contributed by atoms with van der Waals surface area (Å²) in [5, 5.41) is 9.74. The Morgan fingerprint density at radius 3 is 2.50 bits per heavy atom. The molecule has 1 amide bonds. The van der Waals surface area contributed by atoms with Crippen molar-refractivity contribution in [2.24, 2.45) is 5.92 Å². The van der Waals surface area contributed by atoms with Crippen LogP contribution in [0.5, 0.6) is 0 Å². The third-order valence-corrected chi connectivity index (χ3v) is 4.74. The highest BCUT2D eigenvalue weighted by Crippen LogP contribution is 2.23. The van der Waals surface area contributed by atoms with Gasteiger partial charge in [0.1, 0.15) is 6.04 Å². The summed E-state index contributed by atoms with van der Waals surface area (Å²) in [5.74, 6) is 0.232. The molecule has 0 spiro atoms. The topological polar surface area (TPSA) is 47.3 Å². The van der Waals surface area contributed by atoms with Gasteiger partial charge in [-0.2, -0.15) is 5.26 Å². The molecule has 0 N–H and O–H groups in total. The highest BCUT2D eigenvalue weighted by molar-refractivity contribution is 9.10. The van der Waals surface area contributed by atoms with Gasteiger partial charge in [-0.25, -0.2) is 0 Å². The van der Waals surface area contributed by atoms with Crippen LogP contribution in [0.1, 0.15) is 24.2 Å². The number of nitrogens with zero attached hydrogens (tertiary/aromatic N) is 3. The zero-order valence-corrected chi connectivity index (χ0v) is 15.1. The first-order chi connectivity index (χ1) is 10.4. The summed E-state index contributed by atoms with van der Waals surface area (Å²) >= 11 is 9.50. The first-order valence-electron chi connectivity index (χ1n) is 7.32.